The molecule has 0 unspecified atom stereocenters. The van der Waals surface area contributed by atoms with Crippen molar-refractivity contribution in [3.05, 3.63) is 17.7 Å². The van der Waals surface area contributed by atoms with Crippen molar-refractivity contribution in [3.8, 4) is 0 Å². The minimum atomic E-state index is -0.131. The van der Waals surface area contributed by atoms with Gasteiger partial charge in [0.1, 0.15) is 0 Å². The molecule has 1 aromatic carbocycles. The van der Waals surface area contributed by atoms with Gasteiger partial charge in [-0.3, -0.25) is 0 Å². The van der Waals surface area contributed by atoms with Crippen molar-refractivity contribution in [2.24, 2.45) is 0 Å². The molecule has 0 aliphatic carbocycles. The quantitative estimate of drug-likeness (QED) is 0.469. The Hall–Kier alpha value is -1.75. The first-order valence-electron chi connectivity index (χ1n) is 3.86. The molecule has 2 rings (SSSR count). The minimum absolute atomic E-state index is 0.131. The predicted octanol–water partition coefficient (Wildman–Crippen LogP) is 0.220. The molecule has 5 nitrogen and oxygen atoms in total. The fourth-order valence-corrected chi connectivity index (χ4v) is 1.33. The van der Waals surface area contributed by atoms with E-state index in [9.17, 15) is 0 Å². The van der Waals surface area contributed by atoms with Crippen LogP contribution in [-0.2, 0) is 6.61 Å². The van der Waals surface area contributed by atoms with Gasteiger partial charge in [0.25, 0.3) is 0 Å². The van der Waals surface area contributed by atoms with E-state index in [1.165, 1.54) is 0 Å². The summed E-state index contributed by atoms with van der Waals surface area (Å²) in [6, 6.07) is 3.50. The largest absolute Gasteiger partial charge is 0.398 e. The van der Waals surface area contributed by atoms with Gasteiger partial charge in [-0.1, -0.05) is 0 Å². The smallest absolute Gasteiger partial charge is 0.198 e. The number of nitrogens with one attached hydrogen (secondary N) is 1. The zero-order valence-corrected chi connectivity index (χ0v) is 6.91. The number of nitrogens with two attached hydrogens (primary N) is 2. The Balaban J connectivity index is 2.82. The number of fused-ring (bicyclic) bond motifs is 1. The lowest BCUT2D eigenvalue weighted by Gasteiger charge is -2.01. The van der Waals surface area contributed by atoms with E-state index in [2.05, 4.69) is 9.97 Å². The number of H-pyrrole nitrogens is 1. The van der Waals surface area contributed by atoms with Gasteiger partial charge in [0.05, 0.1) is 17.6 Å². The SMILES string of the molecule is Nc1nc2c(CO)c(N)ccc2[nH]1. The zero-order valence-electron chi connectivity index (χ0n) is 6.91. The van der Waals surface area contributed by atoms with Gasteiger partial charge < -0.3 is 21.6 Å². The number of hydrogen-bond donors (Lipinski definition) is 4. The van der Waals surface area contributed by atoms with Crippen molar-refractivity contribution >= 4 is 22.7 Å². The average Bonchev–Trinajstić information content (AvgIpc) is 2.45. The summed E-state index contributed by atoms with van der Waals surface area (Å²) in [5, 5.41) is 9.05. The third-order valence-corrected chi connectivity index (χ3v) is 1.97. The summed E-state index contributed by atoms with van der Waals surface area (Å²) in [4.78, 5) is 6.89. The Morgan fingerprint density at radius 2 is 2.15 bits per heavy atom. The van der Waals surface area contributed by atoms with Crippen LogP contribution in [0.4, 0.5) is 11.6 Å². The number of imidazole rings is 1. The summed E-state index contributed by atoms with van der Waals surface area (Å²) in [5.41, 5.74) is 13.7. The van der Waals surface area contributed by atoms with Gasteiger partial charge in [-0.2, -0.15) is 0 Å². The molecule has 6 N–H and O–H groups in total. The molecule has 0 aliphatic rings. The van der Waals surface area contributed by atoms with Gasteiger partial charge in [0, 0.05) is 11.3 Å². The third-order valence-electron chi connectivity index (χ3n) is 1.97. The first-order chi connectivity index (χ1) is 6.22. The molecule has 0 atom stereocenters. The van der Waals surface area contributed by atoms with E-state index >= 15 is 0 Å². The van der Waals surface area contributed by atoms with E-state index in [1.807, 2.05) is 0 Å². The number of aromatic nitrogens is 2. The molecule has 0 fully saturated rings. The Morgan fingerprint density at radius 3 is 2.85 bits per heavy atom. The number of benzene rings is 1. The van der Waals surface area contributed by atoms with E-state index in [1.54, 1.807) is 12.1 Å². The van der Waals surface area contributed by atoms with E-state index in [-0.39, 0.29) is 6.61 Å². The molecule has 0 bridgehead atoms. The summed E-state index contributed by atoms with van der Waals surface area (Å²) in [5.74, 6) is 0.329. The highest BCUT2D eigenvalue weighted by Gasteiger charge is 2.07. The second-order valence-corrected chi connectivity index (χ2v) is 2.81. The molecule has 0 aliphatic heterocycles. The minimum Gasteiger partial charge on any atom is -0.398 e. The Bertz CT molecular complexity index is 449. The molecular formula is C8H10N4O. The summed E-state index contributed by atoms with van der Waals surface area (Å²) in [6.07, 6.45) is 0. The molecule has 0 radical (unpaired) electrons. The van der Waals surface area contributed by atoms with E-state index in [4.69, 9.17) is 16.6 Å². The maximum absolute atomic E-state index is 9.05. The van der Waals surface area contributed by atoms with E-state index in [0.29, 0.717) is 22.7 Å². The molecule has 0 amide bonds. The van der Waals surface area contributed by atoms with Crippen LogP contribution >= 0.6 is 0 Å². The molecule has 68 valence electrons. The van der Waals surface area contributed by atoms with Crippen LogP contribution in [-0.4, -0.2) is 15.1 Å². The molecule has 2 aromatic rings. The number of nitrogen functional groups attached to an aromatic ring is 2. The van der Waals surface area contributed by atoms with Gasteiger partial charge in [-0.25, -0.2) is 4.98 Å². The van der Waals surface area contributed by atoms with Gasteiger partial charge >= 0.3 is 0 Å². The molecule has 1 heterocycles. The van der Waals surface area contributed by atoms with Gasteiger partial charge in [-0.05, 0) is 12.1 Å². The Labute approximate surface area is 74.4 Å². The lowest BCUT2D eigenvalue weighted by atomic mass is 10.1. The molecule has 13 heavy (non-hydrogen) atoms. The number of aliphatic hydroxyl groups is 1. The van der Waals surface area contributed by atoms with Crippen LogP contribution in [0.1, 0.15) is 5.56 Å². The second-order valence-electron chi connectivity index (χ2n) is 2.81. The van der Waals surface area contributed by atoms with Crippen molar-refractivity contribution in [3.63, 3.8) is 0 Å². The van der Waals surface area contributed by atoms with Crippen LogP contribution in [0.3, 0.4) is 0 Å². The summed E-state index contributed by atoms with van der Waals surface area (Å²) in [7, 11) is 0. The van der Waals surface area contributed by atoms with Crippen molar-refractivity contribution in [1.29, 1.82) is 0 Å². The van der Waals surface area contributed by atoms with Crippen molar-refractivity contribution in [2.75, 3.05) is 11.5 Å². The number of aliphatic hydroxyl groups excluding tert-OH is 1. The monoisotopic (exact) mass is 178 g/mol. The second kappa shape index (κ2) is 2.63. The van der Waals surface area contributed by atoms with E-state index in [0.717, 1.165) is 5.52 Å². The van der Waals surface area contributed by atoms with Gasteiger partial charge in [0.2, 0.25) is 0 Å². The highest BCUT2D eigenvalue weighted by molar-refractivity contribution is 5.85. The number of rotatable bonds is 1. The van der Waals surface area contributed by atoms with Crippen LogP contribution in [0.25, 0.3) is 11.0 Å². The maximum Gasteiger partial charge on any atom is 0.198 e. The Morgan fingerprint density at radius 1 is 1.38 bits per heavy atom. The first-order valence-corrected chi connectivity index (χ1v) is 3.86. The highest BCUT2D eigenvalue weighted by atomic mass is 16.3. The lowest BCUT2D eigenvalue weighted by molar-refractivity contribution is 0.284. The van der Waals surface area contributed by atoms with Crippen LogP contribution in [0.5, 0.6) is 0 Å². The van der Waals surface area contributed by atoms with Crippen LogP contribution in [0.2, 0.25) is 0 Å². The first kappa shape index (κ1) is 7.88. The maximum atomic E-state index is 9.05. The summed E-state index contributed by atoms with van der Waals surface area (Å²) in [6.45, 7) is -0.131. The van der Waals surface area contributed by atoms with Crippen molar-refractivity contribution in [2.45, 2.75) is 6.61 Å². The third kappa shape index (κ3) is 1.09. The molecule has 0 saturated carbocycles. The summed E-state index contributed by atoms with van der Waals surface area (Å²) >= 11 is 0. The van der Waals surface area contributed by atoms with Crippen molar-refractivity contribution in [1.82, 2.24) is 9.97 Å². The van der Waals surface area contributed by atoms with Crippen LogP contribution in [0, 0.1) is 0 Å². The molecule has 5 heteroatoms. The standard InChI is InChI=1S/C8H10N4O/c9-5-1-2-6-7(4(5)3-13)12-8(10)11-6/h1-2,13H,3,9H2,(H3,10,11,12). The van der Waals surface area contributed by atoms with Crippen molar-refractivity contribution < 1.29 is 5.11 Å². The Kier molecular flexibility index (Phi) is 1.60. The zero-order chi connectivity index (χ0) is 9.42. The molecule has 0 saturated heterocycles. The summed E-state index contributed by atoms with van der Waals surface area (Å²) < 4.78 is 0. The number of aromatic amines is 1. The topological polar surface area (TPSA) is 101 Å². The fourth-order valence-electron chi connectivity index (χ4n) is 1.33. The fraction of sp³-hybridized carbons (Fsp3) is 0.125. The highest BCUT2D eigenvalue weighted by Crippen LogP contribution is 2.22. The molecular weight excluding hydrogens is 168 g/mol. The van der Waals surface area contributed by atoms with E-state index < -0.39 is 0 Å². The van der Waals surface area contributed by atoms with Crippen LogP contribution < -0.4 is 11.5 Å². The average molecular weight is 178 g/mol. The number of nitrogens with zero attached hydrogens (tertiary/aromatic N) is 1. The molecule has 1 aromatic heterocycles. The van der Waals surface area contributed by atoms with Crippen LogP contribution in [0.15, 0.2) is 12.1 Å². The normalized spacial score (nSPS) is 10.8. The van der Waals surface area contributed by atoms with Gasteiger partial charge in [0.15, 0.2) is 5.95 Å². The molecule has 0 spiro atoms. The lowest BCUT2D eigenvalue weighted by Crippen LogP contribution is -1.95. The number of anilines is 2. The predicted molar refractivity (Wildman–Crippen MR) is 50.8 cm³/mol. The number of hydrogen-bond acceptors (Lipinski definition) is 4. The van der Waals surface area contributed by atoms with Gasteiger partial charge in [-0.15, -0.1) is 0 Å².